The van der Waals surface area contributed by atoms with Crippen molar-refractivity contribution < 1.29 is 19.4 Å². The van der Waals surface area contributed by atoms with E-state index in [9.17, 15) is 9.59 Å². The van der Waals surface area contributed by atoms with Crippen LogP contribution in [0.2, 0.25) is 0 Å². The van der Waals surface area contributed by atoms with Crippen LogP contribution < -0.4 is 0 Å². The molecule has 1 aromatic heterocycles. The lowest BCUT2D eigenvalue weighted by Gasteiger charge is -2.16. The van der Waals surface area contributed by atoms with E-state index in [1.54, 1.807) is 4.90 Å². The van der Waals surface area contributed by atoms with Gasteiger partial charge >= 0.3 is 5.97 Å². The van der Waals surface area contributed by atoms with E-state index in [1.807, 2.05) is 30.3 Å². The number of benzene rings is 1. The monoisotopic (exact) mass is 340 g/mol. The summed E-state index contributed by atoms with van der Waals surface area (Å²) in [6.07, 6.45) is 3.53. The normalized spacial score (nSPS) is 16.8. The van der Waals surface area contributed by atoms with Crippen molar-refractivity contribution in [2.75, 3.05) is 19.7 Å². The number of hydrogen-bond donors (Lipinski definition) is 1. The highest BCUT2D eigenvalue weighted by Gasteiger charge is 2.27. The van der Waals surface area contributed by atoms with Gasteiger partial charge in [-0.25, -0.2) is 4.79 Å². The van der Waals surface area contributed by atoms with Gasteiger partial charge in [0.05, 0.1) is 24.3 Å². The van der Waals surface area contributed by atoms with E-state index in [-0.39, 0.29) is 11.5 Å². The van der Waals surface area contributed by atoms with Crippen LogP contribution in [0.4, 0.5) is 0 Å². The summed E-state index contributed by atoms with van der Waals surface area (Å²) in [6, 6.07) is 11.3. The minimum atomic E-state index is -1.09. The number of likely N-dealkylation sites (tertiary alicyclic amines) is 1. The number of rotatable bonds is 6. The summed E-state index contributed by atoms with van der Waals surface area (Å²) in [7, 11) is 0. The fraction of sp³-hybridized carbons (Fsp3) is 0.316. The number of nitrogens with zero attached hydrogens (tertiary/aromatic N) is 2. The second-order valence-electron chi connectivity index (χ2n) is 6.17. The van der Waals surface area contributed by atoms with Crippen LogP contribution in [0.15, 0.2) is 48.8 Å². The molecule has 2 heterocycles. The van der Waals surface area contributed by atoms with Crippen molar-refractivity contribution in [3.05, 3.63) is 65.5 Å². The Hall–Kier alpha value is -2.73. The molecule has 0 radical (unpaired) electrons. The highest BCUT2D eigenvalue weighted by atomic mass is 16.5. The SMILES string of the molecule is O=C(O)c1cncc(C(=O)N2CCC(COCc3ccccc3)C2)c1. The zero-order chi connectivity index (χ0) is 17.6. The number of amides is 1. The molecule has 1 atom stereocenters. The van der Waals surface area contributed by atoms with Gasteiger partial charge in [0.25, 0.3) is 5.91 Å². The molecule has 1 amide bonds. The third kappa shape index (κ3) is 4.42. The molecule has 1 aromatic carbocycles. The minimum Gasteiger partial charge on any atom is -0.478 e. The van der Waals surface area contributed by atoms with Crippen molar-refractivity contribution in [1.82, 2.24) is 9.88 Å². The first kappa shape index (κ1) is 17.1. The number of pyridine rings is 1. The van der Waals surface area contributed by atoms with Crippen LogP contribution in [0.5, 0.6) is 0 Å². The predicted molar refractivity (Wildman–Crippen MR) is 91.3 cm³/mol. The number of carboxylic acid groups (broad SMARTS) is 1. The van der Waals surface area contributed by atoms with Gasteiger partial charge in [-0.1, -0.05) is 30.3 Å². The summed E-state index contributed by atoms with van der Waals surface area (Å²) < 4.78 is 5.76. The molecule has 1 unspecified atom stereocenters. The number of hydrogen-bond acceptors (Lipinski definition) is 4. The predicted octanol–water partition coefficient (Wildman–Crippen LogP) is 2.46. The van der Waals surface area contributed by atoms with Crippen LogP contribution in [0.3, 0.4) is 0 Å². The molecule has 0 spiro atoms. The molecule has 0 bridgehead atoms. The first-order valence-electron chi connectivity index (χ1n) is 8.23. The zero-order valence-corrected chi connectivity index (χ0v) is 13.8. The molecular formula is C19H20N2O4. The van der Waals surface area contributed by atoms with Gasteiger partial charge in [0.1, 0.15) is 0 Å². The van der Waals surface area contributed by atoms with E-state index in [4.69, 9.17) is 9.84 Å². The van der Waals surface area contributed by atoms with E-state index in [0.717, 1.165) is 12.0 Å². The van der Waals surface area contributed by atoms with Crippen LogP contribution >= 0.6 is 0 Å². The van der Waals surface area contributed by atoms with Crippen LogP contribution in [-0.4, -0.2) is 46.6 Å². The Morgan fingerprint density at radius 2 is 1.96 bits per heavy atom. The molecule has 1 fully saturated rings. The van der Waals surface area contributed by atoms with E-state index in [1.165, 1.54) is 18.5 Å². The number of aromatic carboxylic acids is 1. The number of carbonyl (C=O) groups is 2. The molecule has 0 aliphatic carbocycles. The second kappa shape index (κ2) is 7.90. The molecule has 25 heavy (non-hydrogen) atoms. The Labute approximate surface area is 146 Å². The van der Waals surface area contributed by atoms with Crippen molar-refractivity contribution >= 4 is 11.9 Å². The Bertz CT molecular complexity index is 748. The summed E-state index contributed by atoms with van der Waals surface area (Å²) in [6.45, 7) is 2.43. The maximum atomic E-state index is 12.5. The van der Waals surface area contributed by atoms with E-state index < -0.39 is 5.97 Å². The van der Waals surface area contributed by atoms with Gasteiger partial charge in [0, 0.05) is 31.4 Å². The number of aromatic nitrogens is 1. The van der Waals surface area contributed by atoms with Gasteiger partial charge in [-0.15, -0.1) is 0 Å². The van der Waals surface area contributed by atoms with E-state index >= 15 is 0 Å². The zero-order valence-electron chi connectivity index (χ0n) is 13.8. The summed E-state index contributed by atoms with van der Waals surface area (Å²) in [5, 5.41) is 9.01. The lowest BCUT2D eigenvalue weighted by atomic mass is 10.1. The molecule has 1 aliphatic heterocycles. The summed E-state index contributed by atoms with van der Waals surface area (Å²) in [4.78, 5) is 29.1. The van der Waals surface area contributed by atoms with Gasteiger partial charge in [-0.05, 0) is 18.1 Å². The third-order valence-electron chi connectivity index (χ3n) is 4.27. The van der Waals surface area contributed by atoms with E-state index in [2.05, 4.69) is 4.98 Å². The molecule has 1 saturated heterocycles. The van der Waals surface area contributed by atoms with Crippen LogP contribution in [-0.2, 0) is 11.3 Å². The summed E-state index contributed by atoms with van der Waals surface area (Å²) in [5.41, 5.74) is 1.46. The molecule has 6 heteroatoms. The minimum absolute atomic E-state index is 0.0211. The number of ether oxygens (including phenoxy) is 1. The number of carboxylic acids is 1. The van der Waals surface area contributed by atoms with Crippen molar-refractivity contribution in [3.63, 3.8) is 0 Å². The van der Waals surface area contributed by atoms with Crippen LogP contribution in [0.1, 0.15) is 32.7 Å². The lowest BCUT2D eigenvalue weighted by Crippen LogP contribution is -2.29. The summed E-state index contributed by atoms with van der Waals surface area (Å²) >= 11 is 0. The molecule has 130 valence electrons. The Kier molecular flexibility index (Phi) is 5.40. The Balaban J connectivity index is 1.51. The molecule has 3 rings (SSSR count). The fourth-order valence-electron chi connectivity index (χ4n) is 2.93. The highest BCUT2D eigenvalue weighted by molar-refractivity contribution is 5.97. The Morgan fingerprint density at radius 1 is 1.20 bits per heavy atom. The van der Waals surface area contributed by atoms with Crippen molar-refractivity contribution in [3.8, 4) is 0 Å². The summed E-state index contributed by atoms with van der Waals surface area (Å²) in [5.74, 6) is -0.972. The molecular weight excluding hydrogens is 320 g/mol. The quantitative estimate of drug-likeness (QED) is 0.874. The largest absolute Gasteiger partial charge is 0.478 e. The maximum Gasteiger partial charge on any atom is 0.337 e. The average molecular weight is 340 g/mol. The first-order chi connectivity index (χ1) is 12.1. The Morgan fingerprint density at radius 3 is 2.72 bits per heavy atom. The van der Waals surface area contributed by atoms with Gasteiger partial charge < -0.3 is 14.7 Å². The van der Waals surface area contributed by atoms with Crippen molar-refractivity contribution in [2.45, 2.75) is 13.0 Å². The molecule has 0 saturated carbocycles. The molecule has 1 aliphatic rings. The van der Waals surface area contributed by atoms with Crippen LogP contribution in [0.25, 0.3) is 0 Å². The van der Waals surface area contributed by atoms with Gasteiger partial charge in [-0.3, -0.25) is 9.78 Å². The number of carbonyl (C=O) groups excluding carboxylic acids is 1. The second-order valence-corrected chi connectivity index (χ2v) is 6.17. The van der Waals surface area contributed by atoms with Crippen molar-refractivity contribution in [2.24, 2.45) is 5.92 Å². The van der Waals surface area contributed by atoms with Gasteiger partial charge in [-0.2, -0.15) is 0 Å². The third-order valence-corrected chi connectivity index (χ3v) is 4.27. The van der Waals surface area contributed by atoms with Crippen molar-refractivity contribution in [1.29, 1.82) is 0 Å². The lowest BCUT2D eigenvalue weighted by molar-refractivity contribution is 0.0696. The smallest absolute Gasteiger partial charge is 0.337 e. The molecule has 2 aromatic rings. The van der Waals surface area contributed by atoms with Crippen LogP contribution in [0, 0.1) is 5.92 Å². The molecule has 1 N–H and O–H groups in total. The topological polar surface area (TPSA) is 79.7 Å². The highest BCUT2D eigenvalue weighted by Crippen LogP contribution is 2.19. The van der Waals surface area contributed by atoms with Gasteiger partial charge in [0.15, 0.2) is 0 Å². The first-order valence-corrected chi connectivity index (χ1v) is 8.23. The standard InChI is InChI=1S/C19H20N2O4/c22-18(16-8-17(19(23)24)10-20-9-16)21-7-6-15(11-21)13-25-12-14-4-2-1-3-5-14/h1-5,8-10,15H,6-7,11-13H2,(H,23,24). The van der Waals surface area contributed by atoms with Gasteiger partial charge in [0.2, 0.25) is 0 Å². The fourth-order valence-corrected chi connectivity index (χ4v) is 2.93. The average Bonchev–Trinajstić information content (AvgIpc) is 3.11. The van der Waals surface area contributed by atoms with E-state index in [0.29, 0.717) is 37.8 Å². The maximum absolute atomic E-state index is 12.5. The molecule has 6 nitrogen and oxygen atoms in total.